The van der Waals surface area contributed by atoms with Crippen LogP contribution in [0.3, 0.4) is 0 Å². The molecular formula is C18H17F3INS. The van der Waals surface area contributed by atoms with Gasteiger partial charge in [-0.1, -0.05) is 25.1 Å². The molecule has 0 spiro atoms. The molecule has 128 valence electrons. The molecule has 0 aliphatic carbocycles. The third kappa shape index (κ3) is 4.46. The molecule has 1 unspecified atom stereocenters. The highest BCUT2D eigenvalue weighted by atomic mass is 127. The lowest BCUT2D eigenvalue weighted by atomic mass is 10.00. The second-order valence-corrected chi connectivity index (χ2v) is 8.56. The summed E-state index contributed by atoms with van der Waals surface area (Å²) in [5.41, 5.74) is 1.61. The zero-order chi connectivity index (χ0) is 17.3. The van der Waals surface area contributed by atoms with E-state index in [9.17, 15) is 13.2 Å². The molecule has 0 saturated heterocycles. The Morgan fingerprint density at radius 3 is 2.71 bits per heavy atom. The maximum Gasteiger partial charge on any atom is 0.416 e. The average Bonchev–Trinajstić information content (AvgIpc) is 2.62. The van der Waals surface area contributed by atoms with Crippen LogP contribution in [0, 0.1) is 9.49 Å². The largest absolute Gasteiger partial charge is 0.416 e. The van der Waals surface area contributed by atoms with Crippen molar-refractivity contribution in [3.63, 3.8) is 0 Å². The van der Waals surface area contributed by atoms with E-state index in [-0.39, 0.29) is 0 Å². The second-order valence-electron chi connectivity index (χ2n) is 6.17. The monoisotopic (exact) mass is 463 g/mol. The molecule has 24 heavy (non-hydrogen) atoms. The smallest absolute Gasteiger partial charge is 0.242 e. The summed E-state index contributed by atoms with van der Waals surface area (Å²) in [4.78, 5) is 0.722. The standard InChI is InChI=1S/C18H17F3INS/c1-12-7-14-5-6-15(18(19,20)21)9-17(14)24-23(10-12)11-13-3-2-4-16(22)8-13/h2-6,8-9,12H,7,10-11H2,1H3. The van der Waals surface area contributed by atoms with Gasteiger partial charge in [0, 0.05) is 21.6 Å². The molecule has 0 saturated carbocycles. The summed E-state index contributed by atoms with van der Waals surface area (Å²) in [6.45, 7) is 3.72. The lowest BCUT2D eigenvalue weighted by Crippen LogP contribution is -2.20. The van der Waals surface area contributed by atoms with Gasteiger partial charge in [0.05, 0.1) is 5.56 Å². The topological polar surface area (TPSA) is 3.24 Å². The van der Waals surface area contributed by atoms with Crippen LogP contribution in [-0.4, -0.2) is 10.8 Å². The Kier molecular flexibility index (Phi) is 5.46. The van der Waals surface area contributed by atoms with Gasteiger partial charge in [0.25, 0.3) is 0 Å². The zero-order valence-corrected chi connectivity index (χ0v) is 16.1. The lowest BCUT2D eigenvalue weighted by molar-refractivity contribution is -0.137. The lowest BCUT2D eigenvalue weighted by Gasteiger charge is -2.21. The van der Waals surface area contributed by atoms with Crippen LogP contribution in [0.25, 0.3) is 0 Å². The number of halogens is 4. The molecule has 3 rings (SSSR count). The number of fused-ring (bicyclic) bond motifs is 1. The number of rotatable bonds is 2. The molecule has 1 atom stereocenters. The Morgan fingerprint density at radius 1 is 1.21 bits per heavy atom. The molecular weight excluding hydrogens is 446 g/mol. The third-order valence-corrected chi connectivity index (χ3v) is 5.74. The van der Waals surface area contributed by atoms with E-state index in [1.807, 2.05) is 12.1 Å². The molecule has 2 aromatic carbocycles. The Morgan fingerprint density at radius 2 is 2.00 bits per heavy atom. The molecule has 0 radical (unpaired) electrons. The Hall–Kier alpha value is -0.730. The average molecular weight is 463 g/mol. The predicted octanol–water partition coefficient (Wildman–Crippen LogP) is 6.01. The van der Waals surface area contributed by atoms with Crippen LogP contribution in [0.5, 0.6) is 0 Å². The highest BCUT2D eigenvalue weighted by Gasteiger charge is 2.32. The van der Waals surface area contributed by atoms with Crippen molar-refractivity contribution in [2.24, 2.45) is 5.92 Å². The van der Waals surface area contributed by atoms with E-state index in [4.69, 9.17) is 0 Å². The first-order valence-electron chi connectivity index (χ1n) is 7.69. The normalized spacial score (nSPS) is 19.0. The quantitative estimate of drug-likeness (QED) is 0.397. The van der Waals surface area contributed by atoms with Crippen molar-refractivity contribution in [2.75, 3.05) is 6.54 Å². The van der Waals surface area contributed by atoms with Gasteiger partial charge in [-0.15, -0.1) is 0 Å². The molecule has 1 heterocycles. The van der Waals surface area contributed by atoms with E-state index in [2.05, 4.69) is 46.0 Å². The van der Waals surface area contributed by atoms with Crippen molar-refractivity contribution in [1.29, 1.82) is 0 Å². The van der Waals surface area contributed by atoms with Crippen LogP contribution < -0.4 is 0 Å². The number of hydrogen-bond acceptors (Lipinski definition) is 2. The third-order valence-electron chi connectivity index (χ3n) is 3.95. The van der Waals surface area contributed by atoms with Crippen LogP contribution in [-0.2, 0) is 19.1 Å². The van der Waals surface area contributed by atoms with E-state index < -0.39 is 11.7 Å². The molecule has 1 aliphatic rings. The van der Waals surface area contributed by atoms with Crippen LogP contribution in [0.1, 0.15) is 23.6 Å². The molecule has 1 aliphatic heterocycles. The van der Waals surface area contributed by atoms with Gasteiger partial charge < -0.3 is 0 Å². The second kappa shape index (κ2) is 7.25. The molecule has 0 fully saturated rings. The van der Waals surface area contributed by atoms with E-state index in [1.54, 1.807) is 6.07 Å². The fourth-order valence-electron chi connectivity index (χ4n) is 2.88. The first-order chi connectivity index (χ1) is 11.3. The van der Waals surface area contributed by atoms with Crippen molar-refractivity contribution in [3.05, 3.63) is 62.7 Å². The number of benzene rings is 2. The van der Waals surface area contributed by atoms with Crippen molar-refractivity contribution >= 4 is 34.5 Å². The van der Waals surface area contributed by atoms with Gasteiger partial charge in [0.1, 0.15) is 0 Å². The summed E-state index contributed by atoms with van der Waals surface area (Å²) >= 11 is 3.72. The summed E-state index contributed by atoms with van der Waals surface area (Å²) in [5, 5.41) is 0. The SMILES string of the molecule is CC1Cc2ccc(C(F)(F)F)cc2SN(Cc2cccc(I)c2)C1. The number of nitrogens with zero attached hydrogens (tertiary/aromatic N) is 1. The summed E-state index contributed by atoms with van der Waals surface area (Å²) in [6.07, 6.45) is -3.49. The summed E-state index contributed by atoms with van der Waals surface area (Å²) in [7, 11) is 0. The van der Waals surface area contributed by atoms with Gasteiger partial charge in [-0.05, 0) is 82.3 Å². The van der Waals surface area contributed by atoms with Gasteiger partial charge in [-0.3, -0.25) is 0 Å². The first kappa shape index (κ1) is 18.1. The van der Waals surface area contributed by atoms with E-state index >= 15 is 0 Å². The maximum atomic E-state index is 13.0. The maximum absolute atomic E-state index is 13.0. The molecule has 0 N–H and O–H groups in total. The van der Waals surface area contributed by atoms with Crippen LogP contribution in [0.4, 0.5) is 13.2 Å². The first-order valence-corrected chi connectivity index (χ1v) is 9.54. The fraction of sp³-hybridized carbons (Fsp3) is 0.333. The van der Waals surface area contributed by atoms with Crippen molar-refractivity contribution in [1.82, 2.24) is 4.31 Å². The Balaban J connectivity index is 1.86. The van der Waals surface area contributed by atoms with Crippen molar-refractivity contribution < 1.29 is 13.2 Å². The molecule has 2 aromatic rings. The van der Waals surface area contributed by atoms with E-state index in [1.165, 1.54) is 29.6 Å². The molecule has 6 heteroatoms. The van der Waals surface area contributed by atoms with Crippen LogP contribution in [0.15, 0.2) is 47.4 Å². The van der Waals surface area contributed by atoms with E-state index in [0.717, 1.165) is 33.5 Å². The minimum atomic E-state index is -4.30. The van der Waals surface area contributed by atoms with Gasteiger partial charge in [0.15, 0.2) is 0 Å². The molecule has 1 nitrogen and oxygen atoms in total. The predicted molar refractivity (Wildman–Crippen MR) is 99.7 cm³/mol. The van der Waals surface area contributed by atoms with E-state index in [0.29, 0.717) is 5.92 Å². The highest BCUT2D eigenvalue weighted by Crippen LogP contribution is 2.38. The van der Waals surface area contributed by atoms with Gasteiger partial charge >= 0.3 is 6.18 Å². The molecule has 0 amide bonds. The Bertz CT molecular complexity index is 732. The summed E-state index contributed by atoms with van der Waals surface area (Å²) in [5.74, 6) is 0.401. The van der Waals surface area contributed by atoms with Crippen molar-refractivity contribution in [2.45, 2.75) is 31.0 Å². The zero-order valence-electron chi connectivity index (χ0n) is 13.1. The minimum absolute atomic E-state index is 0.401. The van der Waals surface area contributed by atoms with Gasteiger partial charge in [-0.25, -0.2) is 4.31 Å². The van der Waals surface area contributed by atoms with Gasteiger partial charge in [-0.2, -0.15) is 13.2 Å². The Labute approximate surface area is 157 Å². The van der Waals surface area contributed by atoms with Crippen LogP contribution in [0.2, 0.25) is 0 Å². The van der Waals surface area contributed by atoms with Gasteiger partial charge in [0.2, 0.25) is 0 Å². The highest BCUT2D eigenvalue weighted by molar-refractivity contribution is 14.1. The fourth-order valence-corrected chi connectivity index (χ4v) is 4.76. The molecule has 0 aromatic heterocycles. The number of hydrogen-bond donors (Lipinski definition) is 0. The van der Waals surface area contributed by atoms with Crippen molar-refractivity contribution in [3.8, 4) is 0 Å². The molecule has 0 bridgehead atoms. The van der Waals surface area contributed by atoms with Crippen LogP contribution >= 0.6 is 34.5 Å². The summed E-state index contributed by atoms with van der Waals surface area (Å²) < 4.78 is 42.3. The minimum Gasteiger partial charge on any atom is -0.242 e. The number of alkyl halides is 3. The summed E-state index contributed by atoms with van der Waals surface area (Å²) in [6, 6.07) is 12.3.